The molecule has 1 heterocycles. The van der Waals surface area contributed by atoms with Gasteiger partial charge in [-0.05, 0) is 37.1 Å². The van der Waals surface area contributed by atoms with Crippen LogP contribution in [-0.4, -0.2) is 40.3 Å². The third-order valence-electron chi connectivity index (χ3n) is 3.75. The summed E-state index contributed by atoms with van der Waals surface area (Å²) in [5.74, 6) is 1.37. The van der Waals surface area contributed by atoms with Gasteiger partial charge in [0.15, 0.2) is 0 Å². The lowest BCUT2D eigenvalue weighted by atomic mass is 10.0. The summed E-state index contributed by atoms with van der Waals surface area (Å²) in [5.41, 5.74) is 2.68. The monoisotopic (exact) mass is 261 g/mol. The molecule has 19 heavy (non-hydrogen) atoms. The minimum Gasteiger partial charge on any atom is -0.376 e. The van der Waals surface area contributed by atoms with Gasteiger partial charge in [0.25, 0.3) is 0 Å². The Kier molecular flexibility index (Phi) is 4.70. The van der Waals surface area contributed by atoms with Crippen molar-refractivity contribution < 1.29 is 0 Å². The number of nitrogens with zero attached hydrogens (tertiary/aromatic N) is 2. The van der Waals surface area contributed by atoms with Crippen LogP contribution in [0.15, 0.2) is 24.3 Å². The van der Waals surface area contributed by atoms with Crippen molar-refractivity contribution in [2.75, 3.05) is 50.1 Å². The maximum absolute atomic E-state index is 3.56. The maximum atomic E-state index is 3.56. The van der Waals surface area contributed by atoms with Crippen LogP contribution in [0.1, 0.15) is 13.8 Å². The fourth-order valence-corrected chi connectivity index (χ4v) is 2.84. The van der Waals surface area contributed by atoms with Crippen molar-refractivity contribution >= 4 is 11.4 Å². The van der Waals surface area contributed by atoms with Crippen LogP contribution < -0.4 is 15.1 Å². The molecule has 2 unspecified atom stereocenters. The van der Waals surface area contributed by atoms with Crippen LogP contribution in [0.3, 0.4) is 0 Å². The molecule has 1 N–H and O–H groups in total. The van der Waals surface area contributed by atoms with E-state index in [-0.39, 0.29) is 0 Å². The molecule has 1 aliphatic heterocycles. The minimum atomic E-state index is 0.683. The van der Waals surface area contributed by atoms with Gasteiger partial charge in [-0.1, -0.05) is 26.0 Å². The molecule has 1 aromatic carbocycles. The predicted octanol–water partition coefficient (Wildman–Crippen LogP) is 2.43. The molecule has 0 bridgehead atoms. The van der Waals surface area contributed by atoms with E-state index < -0.39 is 0 Å². The Labute approximate surface area is 117 Å². The summed E-state index contributed by atoms with van der Waals surface area (Å²) in [5, 5.41) is 3.56. The molecule has 2 atom stereocenters. The van der Waals surface area contributed by atoms with Crippen molar-refractivity contribution in [3.63, 3.8) is 0 Å². The van der Waals surface area contributed by atoms with Gasteiger partial charge in [-0.2, -0.15) is 0 Å². The van der Waals surface area contributed by atoms with E-state index in [0.29, 0.717) is 11.8 Å². The van der Waals surface area contributed by atoms with Gasteiger partial charge in [-0.25, -0.2) is 0 Å². The van der Waals surface area contributed by atoms with E-state index in [1.807, 2.05) is 0 Å². The van der Waals surface area contributed by atoms with Crippen molar-refractivity contribution in [3.8, 4) is 0 Å². The van der Waals surface area contributed by atoms with E-state index in [1.54, 1.807) is 0 Å². The number of benzene rings is 1. The van der Waals surface area contributed by atoms with Crippen LogP contribution >= 0.6 is 0 Å². The highest BCUT2D eigenvalue weighted by Gasteiger charge is 2.19. The zero-order chi connectivity index (χ0) is 13.8. The number of anilines is 2. The summed E-state index contributed by atoms with van der Waals surface area (Å²) < 4.78 is 0. The lowest BCUT2D eigenvalue weighted by Crippen LogP contribution is -2.43. The molecule has 3 heteroatoms. The van der Waals surface area contributed by atoms with Gasteiger partial charge in [0, 0.05) is 27.2 Å². The Morgan fingerprint density at radius 1 is 1.05 bits per heavy atom. The lowest BCUT2D eigenvalue weighted by Gasteiger charge is -2.35. The smallest absolute Gasteiger partial charge is 0.0604 e. The van der Waals surface area contributed by atoms with E-state index in [2.05, 4.69) is 67.3 Å². The largest absolute Gasteiger partial charge is 0.376 e. The normalized spacial score (nSPS) is 24.7. The fourth-order valence-electron chi connectivity index (χ4n) is 2.84. The second kappa shape index (κ2) is 6.29. The molecule has 0 aliphatic carbocycles. The van der Waals surface area contributed by atoms with Gasteiger partial charge < -0.3 is 15.1 Å². The van der Waals surface area contributed by atoms with Crippen LogP contribution in [0.4, 0.5) is 11.4 Å². The Bertz CT molecular complexity index is 391. The molecule has 1 saturated heterocycles. The first-order chi connectivity index (χ1) is 9.08. The highest BCUT2D eigenvalue weighted by Crippen LogP contribution is 2.29. The van der Waals surface area contributed by atoms with E-state index in [9.17, 15) is 0 Å². The summed E-state index contributed by atoms with van der Waals surface area (Å²) in [7, 11) is 4.24. The fraction of sp³-hybridized carbons (Fsp3) is 0.625. The Balaban J connectivity index is 2.26. The molecule has 1 fully saturated rings. The van der Waals surface area contributed by atoms with Gasteiger partial charge in [-0.3, -0.25) is 0 Å². The average Bonchev–Trinajstić information content (AvgIpc) is 2.36. The lowest BCUT2D eigenvalue weighted by molar-refractivity contribution is 0.410. The Morgan fingerprint density at radius 2 is 1.63 bits per heavy atom. The SMILES string of the molecule is CC1CNCC(C)CN(c2ccccc2N(C)C)C1. The second-order valence-electron chi connectivity index (χ2n) is 6.16. The zero-order valence-electron chi connectivity index (χ0n) is 12.7. The number of hydrogen-bond donors (Lipinski definition) is 1. The van der Waals surface area contributed by atoms with Crippen LogP contribution in [0.2, 0.25) is 0 Å². The molecule has 0 aromatic heterocycles. The number of rotatable bonds is 2. The molecule has 3 nitrogen and oxygen atoms in total. The van der Waals surface area contributed by atoms with Gasteiger partial charge >= 0.3 is 0 Å². The van der Waals surface area contributed by atoms with E-state index in [0.717, 1.165) is 26.2 Å². The average molecular weight is 261 g/mol. The highest BCUT2D eigenvalue weighted by atomic mass is 15.2. The summed E-state index contributed by atoms with van der Waals surface area (Å²) in [6, 6.07) is 8.73. The Morgan fingerprint density at radius 3 is 2.21 bits per heavy atom. The first-order valence-corrected chi connectivity index (χ1v) is 7.30. The van der Waals surface area contributed by atoms with Crippen molar-refractivity contribution in [1.82, 2.24) is 5.32 Å². The van der Waals surface area contributed by atoms with E-state index in [4.69, 9.17) is 0 Å². The number of nitrogens with one attached hydrogen (secondary N) is 1. The quantitative estimate of drug-likeness (QED) is 0.882. The van der Waals surface area contributed by atoms with Gasteiger partial charge in [-0.15, -0.1) is 0 Å². The van der Waals surface area contributed by atoms with Gasteiger partial charge in [0.05, 0.1) is 11.4 Å². The van der Waals surface area contributed by atoms with Gasteiger partial charge in [0.2, 0.25) is 0 Å². The first-order valence-electron chi connectivity index (χ1n) is 7.30. The molecule has 0 radical (unpaired) electrons. The Hall–Kier alpha value is -1.22. The van der Waals surface area contributed by atoms with Crippen LogP contribution in [0.25, 0.3) is 0 Å². The summed E-state index contributed by atoms with van der Waals surface area (Å²) in [6.45, 7) is 9.14. The molecule has 2 rings (SSSR count). The van der Waals surface area contributed by atoms with Crippen molar-refractivity contribution in [2.24, 2.45) is 11.8 Å². The van der Waals surface area contributed by atoms with E-state index in [1.165, 1.54) is 11.4 Å². The molecule has 0 spiro atoms. The standard InChI is InChI=1S/C16H27N3/c1-13-9-17-10-14(2)12-19(11-13)16-8-6-5-7-15(16)18(3)4/h5-8,13-14,17H,9-12H2,1-4H3. The van der Waals surface area contributed by atoms with E-state index >= 15 is 0 Å². The van der Waals surface area contributed by atoms with Crippen LogP contribution in [0, 0.1) is 11.8 Å². The maximum Gasteiger partial charge on any atom is 0.0604 e. The third kappa shape index (κ3) is 3.63. The molecule has 1 aliphatic rings. The minimum absolute atomic E-state index is 0.683. The van der Waals surface area contributed by atoms with Crippen LogP contribution in [0.5, 0.6) is 0 Å². The van der Waals surface area contributed by atoms with Crippen LogP contribution in [-0.2, 0) is 0 Å². The highest BCUT2D eigenvalue weighted by molar-refractivity contribution is 5.70. The van der Waals surface area contributed by atoms with Gasteiger partial charge in [0.1, 0.15) is 0 Å². The first kappa shape index (κ1) is 14.2. The molecule has 106 valence electrons. The molecular formula is C16H27N3. The number of hydrogen-bond acceptors (Lipinski definition) is 3. The summed E-state index contributed by atoms with van der Waals surface area (Å²) >= 11 is 0. The van der Waals surface area contributed by atoms with Crippen molar-refractivity contribution in [1.29, 1.82) is 0 Å². The predicted molar refractivity (Wildman–Crippen MR) is 84.2 cm³/mol. The molecule has 1 aromatic rings. The second-order valence-corrected chi connectivity index (χ2v) is 6.16. The molecular weight excluding hydrogens is 234 g/mol. The third-order valence-corrected chi connectivity index (χ3v) is 3.75. The van der Waals surface area contributed by atoms with Crippen molar-refractivity contribution in [2.45, 2.75) is 13.8 Å². The topological polar surface area (TPSA) is 18.5 Å². The zero-order valence-corrected chi connectivity index (χ0v) is 12.7. The molecule has 0 amide bonds. The number of para-hydroxylation sites is 2. The summed E-state index contributed by atoms with van der Waals surface area (Å²) in [4.78, 5) is 4.77. The summed E-state index contributed by atoms with van der Waals surface area (Å²) in [6.07, 6.45) is 0. The molecule has 0 saturated carbocycles. The van der Waals surface area contributed by atoms with Crippen molar-refractivity contribution in [3.05, 3.63) is 24.3 Å².